The van der Waals surface area contributed by atoms with Crippen LogP contribution in [0.2, 0.25) is 0 Å². The number of hydrogen-bond donors (Lipinski definition) is 5. The van der Waals surface area contributed by atoms with Crippen LogP contribution in [0, 0.1) is 5.92 Å². The molecular formula is C51H52F3N5O8. The first-order chi connectivity index (χ1) is 32.3. The Balaban J connectivity index is 0.896. The smallest absolute Gasteiger partial charge is 0.506 e. The summed E-state index contributed by atoms with van der Waals surface area (Å²) in [6, 6.07) is 34.9. The number of halogens is 3. The molecule has 350 valence electrons. The summed E-state index contributed by atoms with van der Waals surface area (Å²) in [5.41, 5.74) is 3.83. The molecule has 1 aromatic heterocycles. The third kappa shape index (κ3) is 12.3. The highest BCUT2D eigenvalue weighted by Gasteiger charge is 2.37. The van der Waals surface area contributed by atoms with Crippen molar-refractivity contribution in [2.24, 2.45) is 5.92 Å². The number of ether oxygens (including phenoxy) is 3. The van der Waals surface area contributed by atoms with Gasteiger partial charge in [0.15, 0.2) is 0 Å². The number of carbonyl (C=O) groups is 2. The van der Waals surface area contributed by atoms with Crippen molar-refractivity contribution in [3.63, 3.8) is 0 Å². The van der Waals surface area contributed by atoms with Gasteiger partial charge >= 0.3 is 12.5 Å². The highest BCUT2D eigenvalue weighted by Crippen LogP contribution is 2.32. The zero-order chi connectivity index (χ0) is 46.9. The van der Waals surface area contributed by atoms with E-state index in [9.17, 15) is 37.8 Å². The molecule has 3 fully saturated rings. The highest BCUT2D eigenvalue weighted by molar-refractivity contribution is 5.94. The second kappa shape index (κ2) is 21.2. The summed E-state index contributed by atoms with van der Waals surface area (Å²) >= 11 is 0. The van der Waals surface area contributed by atoms with E-state index >= 15 is 0 Å². The van der Waals surface area contributed by atoms with Gasteiger partial charge in [-0.1, -0.05) is 72.8 Å². The molecule has 16 heteroatoms. The molecule has 5 N–H and O–H groups in total. The monoisotopic (exact) mass is 919 g/mol. The quantitative estimate of drug-likeness (QED) is 0.0534. The van der Waals surface area contributed by atoms with Crippen LogP contribution in [0.15, 0.2) is 132 Å². The van der Waals surface area contributed by atoms with Gasteiger partial charge in [0.1, 0.15) is 30.0 Å². The maximum atomic E-state index is 14.0. The fraction of sp³-hybridized carbons (Fsp3) is 0.314. The number of rotatable bonds is 18. The molecule has 3 aliphatic heterocycles. The van der Waals surface area contributed by atoms with Crippen LogP contribution in [0.25, 0.3) is 10.9 Å². The van der Waals surface area contributed by atoms with Crippen molar-refractivity contribution in [3.8, 4) is 17.2 Å². The van der Waals surface area contributed by atoms with Crippen LogP contribution in [0.4, 0.5) is 18.0 Å². The van der Waals surface area contributed by atoms with E-state index in [1.807, 2.05) is 54.6 Å². The number of H-pyrrole nitrogens is 1. The van der Waals surface area contributed by atoms with Gasteiger partial charge in [0, 0.05) is 43.2 Å². The van der Waals surface area contributed by atoms with Gasteiger partial charge in [0.25, 0.3) is 5.91 Å². The molecule has 2 amide bonds. The molecule has 0 saturated carbocycles. The lowest BCUT2D eigenvalue weighted by Gasteiger charge is -2.43. The molecule has 0 radical (unpaired) electrons. The van der Waals surface area contributed by atoms with E-state index in [0.29, 0.717) is 46.7 Å². The number of aliphatic hydroxyl groups excluding tert-OH is 1. The molecule has 0 spiro atoms. The van der Waals surface area contributed by atoms with Crippen LogP contribution in [-0.2, 0) is 17.9 Å². The molecule has 6 aromatic rings. The first-order valence-corrected chi connectivity index (χ1v) is 22.3. The Labute approximate surface area is 385 Å². The lowest BCUT2D eigenvalue weighted by Crippen LogP contribution is -2.52. The minimum Gasteiger partial charge on any atom is -0.506 e. The van der Waals surface area contributed by atoms with Crippen LogP contribution in [-0.4, -0.2) is 88.7 Å². The number of aromatic nitrogens is 1. The fourth-order valence-electron chi connectivity index (χ4n) is 8.78. The number of piperidine rings is 3. The number of fused-ring (bicyclic) bond motifs is 4. The fourth-order valence-corrected chi connectivity index (χ4v) is 8.78. The number of amides is 2. The van der Waals surface area contributed by atoms with E-state index < -0.39 is 24.6 Å². The molecule has 67 heavy (non-hydrogen) atoms. The van der Waals surface area contributed by atoms with Crippen molar-refractivity contribution in [3.05, 3.63) is 171 Å². The van der Waals surface area contributed by atoms with Crippen LogP contribution in [0.5, 0.6) is 17.2 Å². The second-order valence-electron chi connectivity index (χ2n) is 16.9. The minimum absolute atomic E-state index is 0.100. The van der Waals surface area contributed by atoms with E-state index in [0.717, 1.165) is 49.2 Å². The summed E-state index contributed by atoms with van der Waals surface area (Å²) < 4.78 is 54.7. The van der Waals surface area contributed by atoms with E-state index in [1.54, 1.807) is 35.2 Å². The molecule has 4 heterocycles. The number of aromatic amines is 1. The second-order valence-corrected chi connectivity index (χ2v) is 16.9. The predicted molar refractivity (Wildman–Crippen MR) is 245 cm³/mol. The Hall–Kier alpha value is -6.88. The number of alkyl halides is 3. The Kier molecular flexibility index (Phi) is 14.7. The molecule has 3 atom stereocenters. The number of nitrogens with one attached hydrogen (secondary N) is 3. The van der Waals surface area contributed by atoms with Crippen LogP contribution in [0.3, 0.4) is 0 Å². The normalized spacial score (nSPS) is 17.6. The third-order valence-electron chi connectivity index (χ3n) is 12.3. The Morgan fingerprint density at radius 3 is 2.30 bits per heavy atom. The van der Waals surface area contributed by atoms with Gasteiger partial charge in [-0.05, 0) is 121 Å². The Morgan fingerprint density at radius 1 is 0.851 bits per heavy atom. The molecule has 3 saturated heterocycles. The predicted octanol–water partition coefficient (Wildman–Crippen LogP) is 7.98. The number of nitrogens with zero attached hydrogens (tertiary/aromatic N) is 2. The van der Waals surface area contributed by atoms with Crippen molar-refractivity contribution in [1.82, 2.24) is 25.4 Å². The molecule has 9 rings (SSSR count). The number of pyridine rings is 1. The number of aliphatic hydroxyl groups is 1. The minimum atomic E-state index is -4.84. The van der Waals surface area contributed by atoms with Crippen molar-refractivity contribution < 1.29 is 47.2 Å². The van der Waals surface area contributed by atoms with Crippen LogP contribution >= 0.6 is 0 Å². The van der Waals surface area contributed by atoms with Gasteiger partial charge in [0.2, 0.25) is 5.56 Å². The molecule has 3 aliphatic rings. The first kappa shape index (κ1) is 46.6. The number of aromatic hydroxyl groups is 1. The van der Waals surface area contributed by atoms with Gasteiger partial charge in [-0.25, -0.2) is 4.79 Å². The third-order valence-corrected chi connectivity index (χ3v) is 12.3. The van der Waals surface area contributed by atoms with E-state index in [2.05, 4.69) is 25.3 Å². The van der Waals surface area contributed by atoms with Gasteiger partial charge < -0.3 is 44.9 Å². The number of alkyl carbamates (subject to hydrolysis) is 1. The van der Waals surface area contributed by atoms with Gasteiger partial charge in [-0.3, -0.25) is 14.5 Å². The topological polar surface area (TPSA) is 166 Å². The molecular weight excluding hydrogens is 868 g/mol. The summed E-state index contributed by atoms with van der Waals surface area (Å²) in [5, 5.41) is 28.0. The first-order valence-electron chi connectivity index (χ1n) is 22.3. The zero-order valence-electron chi connectivity index (χ0n) is 36.6. The Morgan fingerprint density at radius 2 is 1.58 bits per heavy atom. The summed E-state index contributed by atoms with van der Waals surface area (Å²) in [7, 11) is 0. The molecule has 5 aromatic carbocycles. The lowest BCUT2D eigenvalue weighted by molar-refractivity contribution is -0.274. The number of hydrogen-bond acceptors (Lipinski definition) is 10. The maximum absolute atomic E-state index is 14.0. The van der Waals surface area contributed by atoms with Gasteiger partial charge in [-0.2, -0.15) is 0 Å². The largest absolute Gasteiger partial charge is 0.573 e. The van der Waals surface area contributed by atoms with E-state index in [-0.39, 0.29) is 60.8 Å². The average Bonchev–Trinajstić information content (AvgIpc) is 3.33. The molecule has 13 nitrogen and oxygen atoms in total. The molecule has 2 bridgehead atoms. The van der Waals surface area contributed by atoms with Gasteiger partial charge in [0.05, 0.1) is 17.7 Å². The molecule has 0 aliphatic carbocycles. The number of phenols is 1. The summed E-state index contributed by atoms with van der Waals surface area (Å²) in [5.74, 6) is 0.171. The van der Waals surface area contributed by atoms with Crippen LogP contribution in [0.1, 0.15) is 69.6 Å². The Bertz CT molecular complexity index is 2680. The SMILES string of the molecule is O=C(N[C@@H](c1ccccc1)c1cccc(OCc2ccc(C(=O)N(CCCNC[C@H](O)c3ccc(O)c4[nH]c(=O)ccc34)Cc3ccc(OC(F)(F)F)cc3)cc2)c1)O[C@H]1CN2CCC1CC2. The van der Waals surface area contributed by atoms with Gasteiger partial charge in [-0.15, -0.1) is 13.2 Å². The van der Waals surface area contributed by atoms with E-state index in [4.69, 9.17) is 9.47 Å². The van der Waals surface area contributed by atoms with E-state index in [1.165, 1.54) is 42.5 Å². The number of carbonyl (C=O) groups excluding carboxylic acids is 2. The van der Waals surface area contributed by atoms with Crippen LogP contribution < -0.4 is 25.7 Å². The van der Waals surface area contributed by atoms with Crippen molar-refractivity contribution >= 4 is 22.9 Å². The summed E-state index contributed by atoms with van der Waals surface area (Å²) in [6.45, 7) is 3.94. The maximum Gasteiger partial charge on any atom is 0.573 e. The zero-order valence-corrected chi connectivity index (χ0v) is 36.6. The average molecular weight is 920 g/mol. The van der Waals surface area contributed by atoms with Crippen molar-refractivity contribution in [2.75, 3.05) is 39.3 Å². The standard InChI is InChI=1S/C51H52F3N5O8/c52-51(53,54)67-39-16-12-33(13-17-39)30-59(25-5-24-55-29-44(61)41-18-20-43(60)48-42(41)19-21-46(62)56-48)49(63)37-14-10-34(11-15-37)32-65-40-9-4-8-38(28-40)47(36-6-2-1-3-7-36)57-50(64)66-45-31-58-26-22-35(45)23-27-58/h1-4,6-21,28,35,44-45,47,55,60-61H,5,22-27,29-32H2,(H,56,62)(H,57,64)/t44-,45-,47-/m0/s1. The number of benzene rings is 5. The summed E-state index contributed by atoms with van der Waals surface area (Å²) in [4.78, 5) is 45.7. The lowest BCUT2D eigenvalue weighted by atomic mass is 9.86. The van der Waals surface area contributed by atoms with Crippen molar-refractivity contribution in [1.29, 1.82) is 0 Å². The highest BCUT2D eigenvalue weighted by atomic mass is 19.4. The molecule has 0 unspecified atom stereocenters. The van der Waals surface area contributed by atoms with Crippen molar-refractivity contribution in [2.45, 2.75) is 57.0 Å². The summed E-state index contributed by atoms with van der Waals surface area (Å²) in [6.07, 6.45) is -3.89. The number of phenolic OH excluding ortho intramolecular Hbond substituents is 1.